The van der Waals surface area contributed by atoms with Crippen LogP contribution in [0.2, 0.25) is 0 Å². The van der Waals surface area contributed by atoms with Gasteiger partial charge in [0.2, 0.25) is 5.91 Å². The number of carbonyl (C=O) groups is 1. The van der Waals surface area contributed by atoms with Gasteiger partial charge in [0.05, 0.1) is 10.7 Å². The van der Waals surface area contributed by atoms with E-state index in [1.54, 1.807) is 4.90 Å². The van der Waals surface area contributed by atoms with Crippen LogP contribution in [0, 0.1) is 10.1 Å². The van der Waals surface area contributed by atoms with Gasteiger partial charge in [-0.15, -0.1) is 0 Å². The van der Waals surface area contributed by atoms with Crippen molar-refractivity contribution in [3.63, 3.8) is 0 Å². The van der Waals surface area contributed by atoms with E-state index in [1.165, 1.54) is 42.9 Å². The lowest BCUT2D eigenvalue weighted by atomic mass is 10.2. The summed E-state index contributed by atoms with van der Waals surface area (Å²) in [5.41, 5.74) is -0.549. The molecule has 0 spiro atoms. The minimum absolute atomic E-state index is 0.0437. The maximum absolute atomic E-state index is 12.9. The molecule has 0 radical (unpaired) electrons. The largest absolute Gasteiger partial charge is 0.342 e. The van der Waals surface area contributed by atoms with E-state index in [0.29, 0.717) is 18.7 Å². The van der Waals surface area contributed by atoms with Gasteiger partial charge in [0.25, 0.3) is 11.2 Å². The van der Waals surface area contributed by atoms with Crippen molar-refractivity contribution in [3.8, 4) is 11.4 Å². The highest BCUT2D eigenvalue weighted by molar-refractivity contribution is 8.00. The molecule has 0 unspecified atom stereocenters. The summed E-state index contributed by atoms with van der Waals surface area (Å²) in [6.07, 6.45) is 1.94. The van der Waals surface area contributed by atoms with Crippen molar-refractivity contribution in [1.29, 1.82) is 0 Å². The predicted octanol–water partition coefficient (Wildman–Crippen LogP) is 1.32. The number of amides is 1. The van der Waals surface area contributed by atoms with Gasteiger partial charge in [0, 0.05) is 44.9 Å². The number of nitrogens with zero attached hydrogens (tertiary/aromatic N) is 6. The maximum atomic E-state index is 12.9. The second-order valence-corrected chi connectivity index (χ2v) is 8.40. The van der Waals surface area contributed by atoms with E-state index >= 15 is 0 Å². The van der Waals surface area contributed by atoms with E-state index in [1.807, 2.05) is 0 Å². The lowest BCUT2D eigenvalue weighted by molar-refractivity contribution is -0.384. The van der Waals surface area contributed by atoms with Crippen molar-refractivity contribution in [1.82, 2.24) is 24.0 Å². The quantitative estimate of drug-likeness (QED) is 0.243. The Bertz CT molecular complexity index is 1340. The first-order chi connectivity index (χ1) is 15.3. The van der Waals surface area contributed by atoms with Gasteiger partial charge in [0.15, 0.2) is 11.5 Å². The second kappa shape index (κ2) is 8.54. The Morgan fingerprint density at radius 1 is 1.09 bits per heavy atom. The van der Waals surface area contributed by atoms with Gasteiger partial charge < -0.3 is 4.90 Å². The van der Waals surface area contributed by atoms with Crippen molar-refractivity contribution < 1.29 is 9.72 Å². The summed E-state index contributed by atoms with van der Waals surface area (Å²) in [6, 6.07) is 5.66. The molecule has 1 aromatic carbocycles. The number of hydrogen-bond donors (Lipinski definition) is 0. The van der Waals surface area contributed by atoms with Crippen molar-refractivity contribution >= 4 is 34.4 Å². The molecule has 2 aromatic heterocycles. The molecule has 1 aliphatic rings. The number of aromatic nitrogens is 4. The summed E-state index contributed by atoms with van der Waals surface area (Å²) in [5, 5.41) is 11.4. The molecule has 1 aliphatic heterocycles. The average molecular weight is 456 g/mol. The van der Waals surface area contributed by atoms with Gasteiger partial charge in [-0.25, -0.2) is 14.8 Å². The monoisotopic (exact) mass is 456 g/mol. The molecule has 3 heterocycles. The maximum Gasteiger partial charge on any atom is 0.332 e. The fourth-order valence-electron chi connectivity index (χ4n) is 3.58. The first kappa shape index (κ1) is 21.7. The normalized spacial score (nSPS) is 13.6. The molecule has 1 amide bonds. The molecule has 0 bridgehead atoms. The van der Waals surface area contributed by atoms with Crippen LogP contribution in [0.4, 0.5) is 5.69 Å². The number of thioether (sulfide) groups is 1. The third-order valence-corrected chi connectivity index (χ3v) is 6.35. The number of nitro groups is 1. The Kier molecular flexibility index (Phi) is 5.78. The number of likely N-dealkylation sites (tertiary alicyclic amines) is 1. The summed E-state index contributed by atoms with van der Waals surface area (Å²) in [4.78, 5) is 59.0. The molecule has 166 valence electrons. The molecule has 3 aromatic rings. The van der Waals surface area contributed by atoms with Gasteiger partial charge >= 0.3 is 5.69 Å². The van der Waals surface area contributed by atoms with Crippen LogP contribution < -0.4 is 11.2 Å². The van der Waals surface area contributed by atoms with Crippen LogP contribution in [-0.4, -0.2) is 53.7 Å². The molecular formula is C20H20N6O5S. The van der Waals surface area contributed by atoms with Crippen LogP contribution in [0.5, 0.6) is 0 Å². The van der Waals surface area contributed by atoms with Gasteiger partial charge in [-0.2, -0.15) is 0 Å². The third-order valence-electron chi connectivity index (χ3n) is 5.39. The molecule has 1 saturated heterocycles. The molecule has 0 aliphatic carbocycles. The standard InChI is InChI=1S/C20H20N6O5S/c1-23-17-15(19(28)24(2)20(23)29)18(32-11-14(27)25-9-3-4-10-25)22-16(21-17)12-5-7-13(8-6-12)26(30)31/h5-8H,3-4,9-11H2,1-2H3. The Hall–Kier alpha value is -3.54. The third kappa shape index (κ3) is 3.88. The number of nitro benzene ring substituents is 1. The van der Waals surface area contributed by atoms with Crippen LogP contribution in [0.3, 0.4) is 0 Å². The molecular weight excluding hydrogens is 436 g/mol. The van der Waals surface area contributed by atoms with E-state index < -0.39 is 16.2 Å². The molecule has 0 N–H and O–H groups in total. The highest BCUT2D eigenvalue weighted by atomic mass is 32.2. The van der Waals surface area contributed by atoms with E-state index in [9.17, 15) is 24.5 Å². The zero-order valence-electron chi connectivity index (χ0n) is 17.5. The van der Waals surface area contributed by atoms with Crippen molar-refractivity contribution in [2.24, 2.45) is 14.1 Å². The molecule has 11 nitrogen and oxygen atoms in total. The van der Waals surface area contributed by atoms with Gasteiger partial charge in [-0.3, -0.25) is 28.8 Å². The lowest BCUT2D eigenvalue weighted by Gasteiger charge is -2.15. The smallest absolute Gasteiger partial charge is 0.332 e. The number of aryl methyl sites for hydroxylation is 1. The molecule has 4 rings (SSSR count). The summed E-state index contributed by atoms with van der Waals surface area (Å²) in [5.74, 6) is 0.252. The number of non-ortho nitro benzene ring substituents is 1. The first-order valence-corrected chi connectivity index (χ1v) is 10.9. The lowest BCUT2D eigenvalue weighted by Crippen LogP contribution is -2.37. The highest BCUT2D eigenvalue weighted by Crippen LogP contribution is 2.27. The summed E-state index contributed by atoms with van der Waals surface area (Å²) in [7, 11) is 2.87. The summed E-state index contributed by atoms with van der Waals surface area (Å²) in [6.45, 7) is 1.43. The molecule has 1 fully saturated rings. The number of rotatable bonds is 5. The minimum Gasteiger partial charge on any atom is -0.342 e. The highest BCUT2D eigenvalue weighted by Gasteiger charge is 2.22. The number of benzene rings is 1. The molecule has 12 heteroatoms. The summed E-state index contributed by atoms with van der Waals surface area (Å²) < 4.78 is 2.23. The zero-order chi connectivity index (χ0) is 23.0. The molecule has 0 saturated carbocycles. The summed E-state index contributed by atoms with van der Waals surface area (Å²) >= 11 is 1.12. The van der Waals surface area contributed by atoms with Crippen molar-refractivity contribution in [2.45, 2.75) is 17.9 Å². The SMILES string of the molecule is Cn1c(=O)c2c(SCC(=O)N3CCCC3)nc(-c3ccc([N+](=O)[O-])cc3)nc2n(C)c1=O. The van der Waals surface area contributed by atoms with E-state index in [4.69, 9.17) is 0 Å². The van der Waals surface area contributed by atoms with Crippen LogP contribution >= 0.6 is 11.8 Å². The first-order valence-electron chi connectivity index (χ1n) is 9.91. The Balaban J connectivity index is 1.83. The van der Waals surface area contributed by atoms with E-state index in [2.05, 4.69) is 9.97 Å². The van der Waals surface area contributed by atoms with Gasteiger partial charge in [0.1, 0.15) is 10.4 Å². The van der Waals surface area contributed by atoms with E-state index in [-0.39, 0.29) is 39.2 Å². The Morgan fingerprint density at radius 2 is 1.75 bits per heavy atom. The van der Waals surface area contributed by atoms with Crippen LogP contribution in [0.1, 0.15) is 12.8 Å². The fourth-order valence-corrected chi connectivity index (χ4v) is 4.50. The van der Waals surface area contributed by atoms with Gasteiger partial charge in [-0.05, 0) is 25.0 Å². The number of hydrogen-bond acceptors (Lipinski definition) is 8. The minimum atomic E-state index is -0.547. The van der Waals surface area contributed by atoms with Crippen molar-refractivity contribution in [3.05, 3.63) is 55.2 Å². The predicted molar refractivity (Wildman–Crippen MR) is 119 cm³/mol. The zero-order valence-corrected chi connectivity index (χ0v) is 18.3. The second-order valence-electron chi connectivity index (χ2n) is 7.44. The fraction of sp³-hybridized carbons (Fsp3) is 0.350. The van der Waals surface area contributed by atoms with Crippen LogP contribution in [-0.2, 0) is 18.9 Å². The van der Waals surface area contributed by atoms with Crippen LogP contribution in [0.15, 0.2) is 38.9 Å². The number of fused-ring (bicyclic) bond motifs is 1. The van der Waals surface area contributed by atoms with E-state index in [0.717, 1.165) is 29.2 Å². The van der Waals surface area contributed by atoms with Gasteiger partial charge in [-0.1, -0.05) is 11.8 Å². The average Bonchev–Trinajstić information content (AvgIpc) is 3.34. The van der Waals surface area contributed by atoms with Crippen LogP contribution in [0.25, 0.3) is 22.4 Å². The Labute approximate surface area is 185 Å². The molecule has 0 atom stereocenters. The van der Waals surface area contributed by atoms with Crippen molar-refractivity contribution in [2.75, 3.05) is 18.8 Å². The number of carbonyl (C=O) groups excluding carboxylic acids is 1. The topological polar surface area (TPSA) is 133 Å². The molecule has 32 heavy (non-hydrogen) atoms. The Morgan fingerprint density at radius 3 is 2.38 bits per heavy atom.